The first-order valence-electron chi connectivity index (χ1n) is 10.9. The van der Waals surface area contributed by atoms with Gasteiger partial charge in [0.15, 0.2) is 0 Å². The van der Waals surface area contributed by atoms with Crippen LogP contribution in [0.5, 0.6) is 0 Å². The van der Waals surface area contributed by atoms with Gasteiger partial charge in [-0.3, -0.25) is 9.36 Å². The second kappa shape index (κ2) is 10.1. The molecule has 1 aliphatic rings. The number of halogens is 1. The van der Waals surface area contributed by atoms with Crippen LogP contribution in [0.25, 0.3) is 5.82 Å². The van der Waals surface area contributed by atoms with Crippen LogP contribution in [-0.4, -0.2) is 51.2 Å². The van der Waals surface area contributed by atoms with Gasteiger partial charge in [-0.1, -0.05) is 6.07 Å². The molecule has 4 N–H and O–H groups in total. The molecule has 3 heterocycles. The van der Waals surface area contributed by atoms with Gasteiger partial charge in [0.25, 0.3) is 5.91 Å². The highest BCUT2D eigenvalue weighted by atomic mass is 19.1. The quantitative estimate of drug-likeness (QED) is 0.503. The Hall–Kier alpha value is -3.37. The Bertz CT molecular complexity index is 1110. The smallest absolute Gasteiger partial charge is 0.272 e. The van der Waals surface area contributed by atoms with E-state index in [4.69, 9.17) is 10.5 Å². The summed E-state index contributed by atoms with van der Waals surface area (Å²) in [5, 5.41) is 6.18. The van der Waals surface area contributed by atoms with Crippen molar-refractivity contribution in [1.82, 2.24) is 24.8 Å². The van der Waals surface area contributed by atoms with Crippen LogP contribution in [0.3, 0.4) is 0 Å². The summed E-state index contributed by atoms with van der Waals surface area (Å²) in [6, 6.07) is 4.33. The van der Waals surface area contributed by atoms with Crippen molar-refractivity contribution in [3.8, 4) is 5.82 Å². The molecule has 0 bridgehead atoms. The van der Waals surface area contributed by atoms with Crippen molar-refractivity contribution in [2.45, 2.75) is 38.8 Å². The fourth-order valence-electron chi connectivity index (χ4n) is 3.82. The number of imidazole rings is 1. The van der Waals surface area contributed by atoms with E-state index in [9.17, 15) is 9.18 Å². The maximum absolute atomic E-state index is 13.8. The summed E-state index contributed by atoms with van der Waals surface area (Å²) >= 11 is 0. The first-order valence-corrected chi connectivity index (χ1v) is 10.9. The van der Waals surface area contributed by atoms with Gasteiger partial charge in [0.2, 0.25) is 5.95 Å². The molecular formula is C23H28FN7O2. The van der Waals surface area contributed by atoms with Gasteiger partial charge in [-0.25, -0.2) is 14.4 Å². The zero-order valence-electron chi connectivity index (χ0n) is 18.7. The monoisotopic (exact) mass is 453 g/mol. The molecular weight excluding hydrogens is 425 g/mol. The molecule has 0 saturated carbocycles. The molecule has 1 aromatic carbocycles. The Morgan fingerprint density at radius 1 is 1.27 bits per heavy atom. The third-order valence-corrected chi connectivity index (χ3v) is 5.57. The number of hydrogen-bond donors (Lipinski definition) is 3. The maximum atomic E-state index is 13.8. The molecule has 9 nitrogen and oxygen atoms in total. The summed E-state index contributed by atoms with van der Waals surface area (Å²) in [4.78, 5) is 26.1. The maximum Gasteiger partial charge on any atom is 0.272 e. The van der Waals surface area contributed by atoms with Gasteiger partial charge in [-0.2, -0.15) is 4.98 Å². The van der Waals surface area contributed by atoms with Crippen molar-refractivity contribution >= 4 is 11.9 Å². The standard InChI is InChI=1S/C23H28FN7O2/c1-14-7-16(9-17(24)8-14)19(10-25)29-22(32)20-12-31(13-27-20)21-15(2)11-26-23(30-21)28-18-3-5-33-6-4-18/h7-9,11-13,18-19H,3-6,10,25H2,1-2H3,(H,29,32)(H,26,28,30)/t19-/m1/s1. The van der Waals surface area contributed by atoms with Gasteiger partial charge < -0.3 is 21.1 Å². The molecule has 2 aromatic heterocycles. The lowest BCUT2D eigenvalue weighted by Gasteiger charge is -2.23. The number of hydrogen-bond acceptors (Lipinski definition) is 7. The molecule has 10 heteroatoms. The number of carbonyl (C=O) groups excluding carboxylic acids is 1. The highest BCUT2D eigenvalue weighted by Crippen LogP contribution is 2.18. The summed E-state index contributed by atoms with van der Waals surface area (Å²) in [6.45, 7) is 5.25. The Balaban J connectivity index is 1.49. The summed E-state index contributed by atoms with van der Waals surface area (Å²) in [7, 11) is 0. The molecule has 33 heavy (non-hydrogen) atoms. The molecule has 1 aliphatic heterocycles. The molecule has 1 saturated heterocycles. The average molecular weight is 454 g/mol. The largest absolute Gasteiger partial charge is 0.381 e. The van der Waals surface area contributed by atoms with Crippen molar-refractivity contribution in [2.75, 3.05) is 25.1 Å². The number of nitrogens with two attached hydrogens (primary N) is 1. The Morgan fingerprint density at radius 2 is 2.06 bits per heavy atom. The predicted octanol–water partition coefficient (Wildman–Crippen LogP) is 2.44. The fraction of sp³-hybridized carbons (Fsp3) is 0.391. The van der Waals surface area contributed by atoms with Crippen LogP contribution in [0.2, 0.25) is 0 Å². The summed E-state index contributed by atoms with van der Waals surface area (Å²) in [5.41, 5.74) is 8.26. The van der Waals surface area contributed by atoms with E-state index in [1.165, 1.54) is 18.5 Å². The number of nitrogens with one attached hydrogen (secondary N) is 2. The molecule has 1 fully saturated rings. The van der Waals surface area contributed by atoms with Crippen LogP contribution in [0.15, 0.2) is 36.9 Å². The summed E-state index contributed by atoms with van der Waals surface area (Å²) < 4.78 is 20.9. The fourth-order valence-corrected chi connectivity index (χ4v) is 3.82. The number of ether oxygens (including phenoxy) is 1. The third-order valence-electron chi connectivity index (χ3n) is 5.57. The molecule has 4 rings (SSSR count). The minimum atomic E-state index is -0.534. The van der Waals surface area contributed by atoms with Gasteiger partial charge in [0.1, 0.15) is 23.7 Å². The van der Waals surface area contributed by atoms with E-state index in [0.717, 1.165) is 37.2 Å². The zero-order valence-corrected chi connectivity index (χ0v) is 18.7. The van der Waals surface area contributed by atoms with E-state index in [1.807, 2.05) is 6.92 Å². The number of benzene rings is 1. The number of amides is 1. The van der Waals surface area contributed by atoms with Gasteiger partial charge >= 0.3 is 0 Å². The van der Waals surface area contributed by atoms with Crippen molar-refractivity contribution in [3.05, 3.63) is 65.1 Å². The van der Waals surface area contributed by atoms with E-state index >= 15 is 0 Å². The van der Waals surface area contributed by atoms with Crippen LogP contribution in [0.1, 0.15) is 46.1 Å². The molecule has 0 unspecified atom stereocenters. The number of aryl methyl sites for hydroxylation is 2. The lowest BCUT2D eigenvalue weighted by molar-refractivity contribution is 0.0903. The lowest BCUT2D eigenvalue weighted by atomic mass is 10.0. The van der Waals surface area contributed by atoms with Gasteiger partial charge in [-0.15, -0.1) is 0 Å². The second-order valence-electron chi connectivity index (χ2n) is 8.22. The molecule has 0 spiro atoms. The van der Waals surface area contributed by atoms with Crippen LogP contribution >= 0.6 is 0 Å². The SMILES string of the molecule is Cc1cc(F)cc([C@@H](CN)NC(=O)c2cn(-c3nc(NC4CCOCC4)ncc3C)cn2)c1. The highest BCUT2D eigenvalue weighted by molar-refractivity contribution is 5.92. The third kappa shape index (κ3) is 5.52. The van der Waals surface area contributed by atoms with Gasteiger partial charge in [0.05, 0.1) is 6.04 Å². The lowest BCUT2D eigenvalue weighted by Crippen LogP contribution is -2.33. The summed E-state index contributed by atoms with van der Waals surface area (Å²) in [6.07, 6.45) is 6.67. The normalized spacial score (nSPS) is 15.3. The number of aromatic nitrogens is 4. The van der Waals surface area contributed by atoms with Crippen molar-refractivity contribution in [1.29, 1.82) is 0 Å². The molecule has 0 aliphatic carbocycles. The molecule has 3 aromatic rings. The minimum absolute atomic E-state index is 0.127. The first kappa shape index (κ1) is 22.8. The van der Waals surface area contributed by atoms with E-state index in [0.29, 0.717) is 17.3 Å². The molecule has 0 radical (unpaired) electrons. The number of carbonyl (C=O) groups is 1. The highest BCUT2D eigenvalue weighted by Gasteiger charge is 2.19. The van der Waals surface area contributed by atoms with Crippen LogP contribution in [0, 0.1) is 19.7 Å². The number of anilines is 1. The topological polar surface area (TPSA) is 120 Å². The van der Waals surface area contributed by atoms with Crippen molar-refractivity contribution in [3.63, 3.8) is 0 Å². The van der Waals surface area contributed by atoms with Crippen molar-refractivity contribution in [2.24, 2.45) is 5.73 Å². The number of nitrogens with zero attached hydrogens (tertiary/aromatic N) is 4. The van der Waals surface area contributed by atoms with E-state index in [-0.39, 0.29) is 24.1 Å². The Labute approximate surface area is 191 Å². The minimum Gasteiger partial charge on any atom is -0.381 e. The summed E-state index contributed by atoms with van der Waals surface area (Å²) in [5.74, 6) is 0.374. The molecule has 1 atom stereocenters. The zero-order chi connectivity index (χ0) is 23.4. The Kier molecular flexibility index (Phi) is 6.95. The second-order valence-corrected chi connectivity index (χ2v) is 8.22. The van der Waals surface area contributed by atoms with Crippen LogP contribution in [-0.2, 0) is 4.74 Å². The van der Waals surface area contributed by atoms with E-state index in [1.54, 1.807) is 30.0 Å². The average Bonchev–Trinajstić information content (AvgIpc) is 3.29. The number of rotatable bonds is 7. The van der Waals surface area contributed by atoms with Gasteiger partial charge in [0, 0.05) is 43.8 Å². The molecule has 1 amide bonds. The molecule has 174 valence electrons. The predicted molar refractivity (Wildman–Crippen MR) is 122 cm³/mol. The van der Waals surface area contributed by atoms with E-state index < -0.39 is 11.9 Å². The van der Waals surface area contributed by atoms with Gasteiger partial charge in [-0.05, 0) is 49.9 Å². The van der Waals surface area contributed by atoms with E-state index in [2.05, 4.69) is 25.6 Å². The first-order chi connectivity index (χ1) is 15.9. The van der Waals surface area contributed by atoms with Crippen LogP contribution < -0.4 is 16.4 Å². The van der Waals surface area contributed by atoms with Crippen molar-refractivity contribution < 1.29 is 13.9 Å². The Morgan fingerprint density at radius 3 is 2.79 bits per heavy atom. The van der Waals surface area contributed by atoms with Crippen LogP contribution in [0.4, 0.5) is 10.3 Å².